The summed E-state index contributed by atoms with van der Waals surface area (Å²) in [5.74, 6) is 0.822. The first-order chi connectivity index (χ1) is 12.4. The van der Waals surface area contributed by atoms with Gasteiger partial charge in [-0.05, 0) is 37.5 Å². The van der Waals surface area contributed by atoms with Crippen LogP contribution in [0.5, 0.6) is 0 Å². The summed E-state index contributed by atoms with van der Waals surface area (Å²) in [7, 11) is 1.80. The molecule has 1 aliphatic rings. The minimum absolute atomic E-state index is 0. The molecule has 1 aliphatic heterocycles. The number of carbonyl (C=O) groups excluding carboxylic acids is 1. The van der Waals surface area contributed by atoms with Crippen molar-refractivity contribution in [1.29, 1.82) is 0 Å². The van der Waals surface area contributed by atoms with Gasteiger partial charge < -0.3 is 15.0 Å². The Labute approximate surface area is 184 Å². The minimum atomic E-state index is -0.0704. The molecular weight excluding hydrogens is 477 g/mol. The van der Waals surface area contributed by atoms with E-state index in [0.29, 0.717) is 6.61 Å². The van der Waals surface area contributed by atoms with E-state index in [9.17, 15) is 4.79 Å². The smallest absolute Gasteiger partial charge is 0.309 e. The molecule has 0 radical (unpaired) electrons. The van der Waals surface area contributed by atoms with Crippen molar-refractivity contribution in [2.45, 2.75) is 39.0 Å². The highest BCUT2D eigenvalue weighted by atomic mass is 127. The number of hydrogen-bond donors (Lipinski definition) is 1. The molecule has 1 saturated heterocycles. The second-order valence-corrected chi connectivity index (χ2v) is 7.74. The largest absolute Gasteiger partial charge is 0.466 e. The Kier molecular flexibility index (Phi) is 9.87. The highest BCUT2D eigenvalue weighted by Gasteiger charge is 2.28. The van der Waals surface area contributed by atoms with Gasteiger partial charge in [0.05, 0.1) is 12.5 Å². The lowest BCUT2D eigenvalue weighted by Gasteiger charge is -2.35. The van der Waals surface area contributed by atoms with E-state index in [1.54, 1.807) is 7.05 Å². The lowest BCUT2D eigenvalue weighted by atomic mass is 9.84. The summed E-state index contributed by atoms with van der Waals surface area (Å²) in [6.07, 6.45) is 1.61. The Morgan fingerprint density at radius 2 is 1.89 bits per heavy atom. The van der Waals surface area contributed by atoms with Crippen LogP contribution >= 0.6 is 35.6 Å². The molecule has 152 valence electrons. The molecule has 0 spiro atoms. The minimum Gasteiger partial charge on any atom is -0.466 e. The molecule has 0 bridgehead atoms. The average Bonchev–Trinajstić information content (AvgIpc) is 2.63. The topological polar surface area (TPSA) is 53.9 Å². The van der Waals surface area contributed by atoms with Gasteiger partial charge in [0, 0.05) is 37.1 Å². The zero-order valence-electron chi connectivity index (χ0n) is 16.6. The van der Waals surface area contributed by atoms with Crippen molar-refractivity contribution in [2.24, 2.45) is 10.9 Å². The number of rotatable bonds is 5. The van der Waals surface area contributed by atoms with Gasteiger partial charge in [-0.3, -0.25) is 9.79 Å². The quantitative estimate of drug-likeness (QED) is 0.282. The molecular formula is C20H31ClIN3O2. The van der Waals surface area contributed by atoms with Crippen molar-refractivity contribution in [3.05, 3.63) is 34.9 Å². The monoisotopic (exact) mass is 507 g/mol. The molecule has 1 aromatic rings. The van der Waals surface area contributed by atoms with Gasteiger partial charge in [0.25, 0.3) is 0 Å². The molecule has 0 unspecified atom stereocenters. The summed E-state index contributed by atoms with van der Waals surface area (Å²) in [5, 5.41) is 4.24. The maximum atomic E-state index is 11.9. The Hall–Kier alpha value is -1.02. The van der Waals surface area contributed by atoms with Crippen LogP contribution in [0.2, 0.25) is 5.02 Å². The van der Waals surface area contributed by atoms with Crippen molar-refractivity contribution >= 4 is 47.5 Å². The van der Waals surface area contributed by atoms with Gasteiger partial charge in [0.1, 0.15) is 0 Å². The van der Waals surface area contributed by atoms with Crippen LogP contribution in [0.1, 0.15) is 39.2 Å². The number of carbonyl (C=O) groups is 1. The van der Waals surface area contributed by atoms with Crippen molar-refractivity contribution in [3.8, 4) is 0 Å². The van der Waals surface area contributed by atoms with E-state index < -0.39 is 0 Å². The number of aliphatic imine (C=N–C) groups is 1. The number of nitrogens with zero attached hydrogens (tertiary/aromatic N) is 2. The van der Waals surface area contributed by atoms with E-state index in [0.717, 1.165) is 43.5 Å². The highest BCUT2D eigenvalue weighted by Crippen LogP contribution is 2.24. The number of likely N-dealkylation sites (tertiary alicyclic amines) is 1. The molecule has 0 saturated carbocycles. The molecule has 27 heavy (non-hydrogen) atoms. The highest BCUT2D eigenvalue weighted by molar-refractivity contribution is 14.0. The van der Waals surface area contributed by atoms with E-state index in [1.165, 1.54) is 5.56 Å². The molecule has 1 N–H and O–H groups in total. The predicted octanol–water partition coefficient (Wildman–Crippen LogP) is 4.09. The average molecular weight is 508 g/mol. The standard InChI is InChI=1S/C20H30ClN3O2.HI/c1-5-26-18(25)15-10-12-24(13-11-15)19(22-4)23-14-20(2,3)16-6-8-17(21)9-7-16;/h6-9,15H,5,10-14H2,1-4H3,(H,22,23);1H. The lowest BCUT2D eigenvalue weighted by molar-refractivity contribution is -0.149. The molecule has 1 fully saturated rings. The summed E-state index contributed by atoms with van der Waals surface area (Å²) in [6.45, 7) is 9.07. The maximum absolute atomic E-state index is 11.9. The fourth-order valence-electron chi connectivity index (χ4n) is 3.22. The molecule has 1 heterocycles. The first-order valence-corrected chi connectivity index (χ1v) is 9.63. The molecule has 0 aromatic heterocycles. The van der Waals surface area contributed by atoms with Gasteiger partial charge in [-0.15, -0.1) is 24.0 Å². The third-order valence-electron chi connectivity index (χ3n) is 4.94. The van der Waals surface area contributed by atoms with Crippen molar-refractivity contribution in [1.82, 2.24) is 10.2 Å². The Morgan fingerprint density at radius 3 is 2.41 bits per heavy atom. The second kappa shape index (κ2) is 11.1. The fourth-order valence-corrected chi connectivity index (χ4v) is 3.35. The van der Waals surface area contributed by atoms with Crippen molar-refractivity contribution in [3.63, 3.8) is 0 Å². The first-order valence-electron chi connectivity index (χ1n) is 9.25. The normalized spacial score (nSPS) is 15.9. The summed E-state index contributed by atoms with van der Waals surface area (Å²) in [5.41, 5.74) is 1.18. The number of esters is 1. The summed E-state index contributed by atoms with van der Waals surface area (Å²) < 4.78 is 5.14. The van der Waals surface area contributed by atoms with Gasteiger partial charge in [0.2, 0.25) is 0 Å². The summed E-state index contributed by atoms with van der Waals surface area (Å²) >= 11 is 5.99. The summed E-state index contributed by atoms with van der Waals surface area (Å²) in [6, 6.07) is 7.98. The number of benzene rings is 1. The van der Waals surface area contributed by atoms with Crippen LogP contribution < -0.4 is 5.32 Å². The number of halogens is 2. The number of piperidine rings is 1. The second-order valence-electron chi connectivity index (χ2n) is 7.30. The maximum Gasteiger partial charge on any atom is 0.309 e. The Morgan fingerprint density at radius 1 is 1.30 bits per heavy atom. The van der Waals surface area contributed by atoms with Crippen LogP contribution in [0.3, 0.4) is 0 Å². The Bertz CT molecular complexity index is 627. The van der Waals surface area contributed by atoms with Crippen LogP contribution in [-0.4, -0.2) is 50.1 Å². The molecule has 2 rings (SSSR count). The first kappa shape index (κ1) is 24.0. The van der Waals surface area contributed by atoms with E-state index in [2.05, 4.69) is 41.2 Å². The number of nitrogens with one attached hydrogen (secondary N) is 1. The molecule has 7 heteroatoms. The van der Waals surface area contributed by atoms with Gasteiger partial charge in [0.15, 0.2) is 5.96 Å². The van der Waals surface area contributed by atoms with Gasteiger partial charge in [-0.1, -0.05) is 37.6 Å². The van der Waals surface area contributed by atoms with Crippen molar-refractivity contribution in [2.75, 3.05) is 33.3 Å². The zero-order valence-corrected chi connectivity index (χ0v) is 19.7. The van der Waals surface area contributed by atoms with Crippen LogP contribution in [0.4, 0.5) is 0 Å². The van der Waals surface area contributed by atoms with Crippen LogP contribution in [0.25, 0.3) is 0 Å². The van der Waals surface area contributed by atoms with Crippen LogP contribution in [0.15, 0.2) is 29.3 Å². The molecule has 0 atom stereocenters. The lowest BCUT2D eigenvalue weighted by Crippen LogP contribution is -2.49. The number of ether oxygens (including phenoxy) is 1. The third kappa shape index (κ3) is 6.82. The zero-order chi connectivity index (χ0) is 19.2. The number of hydrogen-bond acceptors (Lipinski definition) is 3. The van der Waals surface area contributed by atoms with Gasteiger partial charge in [-0.2, -0.15) is 0 Å². The molecule has 1 aromatic carbocycles. The molecule has 0 amide bonds. The van der Waals surface area contributed by atoms with Gasteiger partial charge in [-0.25, -0.2) is 0 Å². The van der Waals surface area contributed by atoms with E-state index in [4.69, 9.17) is 16.3 Å². The predicted molar refractivity (Wildman–Crippen MR) is 122 cm³/mol. The number of guanidine groups is 1. The Balaban J connectivity index is 0.00000364. The molecule has 5 nitrogen and oxygen atoms in total. The fraction of sp³-hybridized carbons (Fsp3) is 0.600. The van der Waals surface area contributed by atoms with E-state index in [1.807, 2.05) is 19.1 Å². The van der Waals surface area contributed by atoms with Gasteiger partial charge >= 0.3 is 5.97 Å². The summed E-state index contributed by atoms with van der Waals surface area (Å²) in [4.78, 5) is 18.5. The van der Waals surface area contributed by atoms with E-state index in [-0.39, 0.29) is 41.3 Å². The van der Waals surface area contributed by atoms with E-state index >= 15 is 0 Å². The van der Waals surface area contributed by atoms with Crippen LogP contribution in [0, 0.1) is 5.92 Å². The van der Waals surface area contributed by atoms with Crippen molar-refractivity contribution < 1.29 is 9.53 Å². The van der Waals surface area contributed by atoms with Crippen LogP contribution in [-0.2, 0) is 14.9 Å². The molecule has 0 aliphatic carbocycles. The third-order valence-corrected chi connectivity index (χ3v) is 5.19. The SMILES string of the molecule is CCOC(=O)C1CCN(C(=NC)NCC(C)(C)c2ccc(Cl)cc2)CC1.I.